The number of pyridine rings is 1. The van der Waals surface area contributed by atoms with Gasteiger partial charge in [-0.1, -0.05) is 147 Å². The number of aromatic nitrogens is 1. The first-order chi connectivity index (χ1) is 26.8. The average molecular weight is 708 g/mol. The molecule has 1 fully saturated rings. The number of benzene rings is 8. The minimum absolute atomic E-state index is 0.516. The van der Waals surface area contributed by atoms with Gasteiger partial charge in [-0.05, 0) is 119 Å². The van der Waals surface area contributed by atoms with Gasteiger partial charge in [-0.2, -0.15) is 0 Å². The Balaban J connectivity index is 0.00000168. The number of rotatable bonds is 4. The Kier molecular flexibility index (Phi) is 7.12. The van der Waals surface area contributed by atoms with Crippen LogP contribution in [0.15, 0.2) is 164 Å². The molecule has 0 bridgehead atoms. The van der Waals surface area contributed by atoms with Crippen molar-refractivity contribution in [2.75, 3.05) is 0 Å². The van der Waals surface area contributed by atoms with E-state index in [2.05, 4.69) is 164 Å². The van der Waals surface area contributed by atoms with Gasteiger partial charge in [-0.15, -0.1) is 11.3 Å². The summed E-state index contributed by atoms with van der Waals surface area (Å²) in [7, 11) is 0. The molecule has 54 heavy (non-hydrogen) atoms. The third-order valence-electron chi connectivity index (χ3n) is 11.8. The molecule has 0 aliphatic heterocycles. The lowest BCUT2D eigenvalue weighted by Crippen LogP contribution is -2.00. The topological polar surface area (TPSA) is 12.9 Å². The maximum Gasteiger partial charge on any atom is 0.0702 e. The molecule has 8 aromatic carbocycles. The normalized spacial score (nSPS) is 16.5. The smallest absolute Gasteiger partial charge is 0.0702 e. The molecule has 2 heterocycles. The van der Waals surface area contributed by atoms with Crippen LogP contribution in [0.4, 0.5) is 0 Å². The summed E-state index contributed by atoms with van der Waals surface area (Å²) >= 11 is 1.90. The van der Waals surface area contributed by atoms with E-state index < -0.39 is 0 Å². The van der Waals surface area contributed by atoms with E-state index >= 15 is 0 Å². The number of para-hydroxylation sites is 1. The van der Waals surface area contributed by atoms with E-state index in [-0.39, 0.29) is 0 Å². The zero-order valence-corrected chi connectivity index (χ0v) is 31.1. The third kappa shape index (κ3) is 4.73. The maximum atomic E-state index is 4.81. The van der Waals surface area contributed by atoms with E-state index in [9.17, 15) is 0 Å². The molecule has 12 rings (SSSR count). The number of thiophene rings is 1. The Morgan fingerprint density at radius 2 is 1.13 bits per heavy atom. The van der Waals surface area contributed by atoms with E-state index in [1.165, 1.54) is 109 Å². The van der Waals surface area contributed by atoms with Gasteiger partial charge in [0.1, 0.15) is 0 Å². The molecular weight excluding hydrogens is 671 g/mol. The van der Waals surface area contributed by atoms with Gasteiger partial charge < -0.3 is 0 Å². The largest absolute Gasteiger partial charge is 0.256 e. The second-order valence-electron chi connectivity index (χ2n) is 14.6. The molecule has 0 spiro atoms. The molecule has 0 N–H and O–H groups in total. The third-order valence-corrected chi connectivity index (χ3v) is 13.0. The van der Waals surface area contributed by atoms with Crippen molar-refractivity contribution in [3.63, 3.8) is 0 Å². The quantitative estimate of drug-likeness (QED) is 0.166. The lowest BCUT2D eigenvalue weighted by molar-refractivity contribution is 1.02. The molecule has 2 atom stereocenters. The Hall–Kier alpha value is -6.09. The van der Waals surface area contributed by atoms with Crippen LogP contribution >= 0.6 is 11.3 Å². The minimum Gasteiger partial charge on any atom is -0.256 e. The molecule has 256 valence electrons. The van der Waals surface area contributed by atoms with Gasteiger partial charge in [0, 0.05) is 31.8 Å². The highest BCUT2D eigenvalue weighted by molar-refractivity contribution is 7.26. The van der Waals surface area contributed by atoms with Crippen molar-refractivity contribution in [3.8, 4) is 22.3 Å². The van der Waals surface area contributed by atoms with Crippen LogP contribution in [-0.2, 0) is 0 Å². The summed E-state index contributed by atoms with van der Waals surface area (Å²) < 4.78 is 2.70. The van der Waals surface area contributed by atoms with E-state index in [4.69, 9.17) is 4.98 Å². The van der Waals surface area contributed by atoms with E-state index in [1.807, 2.05) is 25.2 Å². The standard InChI is InChI=1S/C50H31NS.C2H6/c1-3-13-46-33(7-1)25-34(28-51-46)35-23-24-37(45-27-43(35)45)44-26-42(39-21-19-31-8-5-9-32-20-22-40(44)49(39)48(31)32)30-17-15-29(16-18-30)36-11-6-12-41-38-10-2-4-14-47(38)52-50(36)41;1-2/h1-26,28,43,45H,27H2;1-2H3. The molecule has 2 heteroatoms. The van der Waals surface area contributed by atoms with Gasteiger partial charge >= 0.3 is 0 Å². The average Bonchev–Trinajstić information content (AvgIpc) is 3.96. The van der Waals surface area contributed by atoms with E-state index in [1.54, 1.807) is 0 Å². The van der Waals surface area contributed by atoms with Crippen LogP contribution in [0.2, 0.25) is 0 Å². The summed E-state index contributed by atoms with van der Waals surface area (Å²) in [6.07, 6.45) is 8.06. The summed E-state index contributed by atoms with van der Waals surface area (Å²) in [5.41, 5.74) is 11.7. The van der Waals surface area contributed by atoms with Crippen LogP contribution in [0.5, 0.6) is 0 Å². The monoisotopic (exact) mass is 707 g/mol. The Bertz CT molecular complexity index is 3140. The summed E-state index contributed by atoms with van der Waals surface area (Å²) in [6.45, 7) is 4.00. The first kappa shape index (κ1) is 31.4. The lowest BCUT2D eigenvalue weighted by Gasteiger charge is -2.21. The zero-order chi connectivity index (χ0) is 35.9. The lowest BCUT2D eigenvalue weighted by atomic mass is 9.82. The number of fused-ring (bicyclic) bond motifs is 5. The van der Waals surface area contributed by atoms with Crippen molar-refractivity contribution < 1.29 is 0 Å². The fourth-order valence-electron chi connectivity index (χ4n) is 9.25. The minimum atomic E-state index is 0.516. The van der Waals surface area contributed by atoms with E-state index in [0.717, 1.165) is 5.52 Å². The number of nitrogens with zero attached hydrogens (tertiary/aromatic N) is 1. The number of hydrogen-bond donors (Lipinski definition) is 0. The fourth-order valence-corrected chi connectivity index (χ4v) is 10.5. The number of allylic oxidation sites excluding steroid dienone is 4. The van der Waals surface area contributed by atoms with Crippen molar-refractivity contribution >= 4 is 85.9 Å². The summed E-state index contributed by atoms with van der Waals surface area (Å²) in [5.74, 6) is 1.04. The second kappa shape index (κ2) is 12.2. The van der Waals surface area contributed by atoms with Gasteiger partial charge in [-0.25, -0.2) is 0 Å². The molecule has 0 radical (unpaired) electrons. The number of hydrogen-bond acceptors (Lipinski definition) is 2. The SMILES string of the molecule is C1=C(c2cnc3ccccc3c2)C2CC2C(c2cc(-c3ccc(-c4cccc5c4sc4ccccc45)cc3)c3ccc4cccc5ccc2c3c54)=C1.CC. The van der Waals surface area contributed by atoms with E-state index in [0.29, 0.717) is 11.8 Å². The summed E-state index contributed by atoms with van der Waals surface area (Å²) in [5, 5.41) is 11.9. The Morgan fingerprint density at radius 3 is 1.96 bits per heavy atom. The molecule has 10 aromatic rings. The van der Waals surface area contributed by atoms with Crippen LogP contribution in [0.25, 0.3) is 96.8 Å². The van der Waals surface area contributed by atoms with Crippen LogP contribution in [-0.4, -0.2) is 4.98 Å². The molecule has 0 amide bonds. The van der Waals surface area contributed by atoms with Crippen LogP contribution in [0.3, 0.4) is 0 Å². The van der Waals surface area contributed by atoms with Crippen LogP contribution < -0.4 is 0 Å². The second-order valence-corrected chi connectivity index (χ2v) is 15.7. The van der Waals surface area contributed by atoms with Crippen molar-refractivity contribution in [2.24, 2.45) is 11.8 Å². The highest BCUT2D eigenvalue weighted by atomic mass is 32.1. The van der Waals surface area contributed by atoms with Gasteiger partial charge in [-0.3, -0.25) is 4.98 Å². The first-order valence-electron chi connectivity index (χ1n) is 19.3. The predicted octanol–water partition coefficient (Wildman–Crippen LogP) is 15.0. The maximum absolute atomic E-state index is 4.81. The zero-order valence-electron chi connectivity index (χ0n) is 30.3. The van der Waals surface area contributed by atoms with Crippen molar-refractivity contribution in [1.29, 1.82) is 0 Å². The highest BCUT2D eigenvalue weighted by Gasteiger charge is 2.45. The molecule has 2 aliphatic carbocycles. The van der Waals surface area contributed by atoms with Gasteiger partial charge in [0.2, 0.25) is 0 Å². The van der Waals surface area contributed by atoms with Crippen LogP contribution in [0, 0.1) is 11.8 Å². The molecule has 1 saturated carbocycles. The first-order valence-corrected chi connectivity index (χ1v) is 20.1. The van der Waals surface area contributed by atoms with Gasteiger partial charge in [0.15, 0.2) is 0 Å². The molecule has 2 unspecified atom stereocenters. The van der Waals surface area contributed by atoms with Gasteiger partial charge in [0.05, 0.1) is 5.52 Å². The van der Waals surface area contributed by atoms with Gasteiger partial charge in [0.25, 0.3) is 0 Å². The van der Waals surface area contributed by atoms with Crippen molar-refractivity contribution in [3.05, 3.63) is 175 Å². The Labute approximate surface area is 318 Å². The Morgan fingerprint density at radius 1 is 0.481 bits per heavy atom. The van der Waals surface area contributed by atoms with Crippen molar-refractivity contribution in [1.82, 2.24) is 4.98 Å². The summed E-state index contributed by atoms with van der Waals surface area (Å²) in [4.78, 5) is 4.81. The predicted molar refractivity (Wildman–Crippen MR) is 235 cm³/mol. The van der Waals surface area contributed by atoms with Crippen molar-refractivity contribution in [2.45, 2.75) is 20.3 Å². The fraction of sp³-hybridized carbons (Fsp3) is 0.0962. The molecule has 1 nitrogen and oxygen atoms in total. The molecular formula is C52H37NS. The summed E-state index contributed by atoms with van der Waals surface area (Å²) in [6, 6.07) is 54.2. The highest BCUT2D eigenvalue weighted by Crippen LogP contribution is 2.58. The van der Waals surface area contributed by atoms with Crippen LogP contribution in [0.1, 0.15) is 31.4 Å². The molecule has 0 saturated heterocycles. The molecule has 2 aromatic heterocycles. The molecule has 2 aliphatic rings.